The number of nitrogens with one attached hydrogen (secondary N) is 1. The van der Waals surface area contributed by atoms with Gasteiger partial charge in [-0.05, 0) is 13.3 Å². The SMILES string of the molecule is CCc1c(C)[nH]n2c(=O)cc(-c3cc(-c4cnn(C)c4)on3)nc12. The van der Waals surface area contributed by atoms with Crippen molar-refractivity contribution in [3.8, 4) is 22.7 Å². The molecule has 4 aromatic heterocycles. The second-order valence-corrected chi connectivity index (χ2v) is 5.69. The van der Waals surface area contributed by atoms with Crippen molar-refractivity contribution < 1.29 is 4.52 Å². The molecule has 4 heterocycles. The predicted molar refractivity (Wildman–Crippen MR) is 87.6 cm³/mol. The Labute approximate surface area is 136 Å². The van der Waals surface area contributed by atoms with Gasteiger partial charge in [-0.1, -0.05) is 12.1 Å². The third kappa shape index (κ3) is 2.15. The number of H-pyrrole nitrogens is 1. The quantitative estimate of drug-likeness (QED) is 0.621. The maximum atomic E-state index is 12.4. The smallest absolute Gasteiger partial charge is 0.273 e. The van der Waals surface area contributed by atoms with Gasteiger partial charge in [-0.2, -0.15) is 5.10 Å². The average Bonchev–Trinajstić information content (AvgIpc) is 3.25. The molecule has 8 heteroatoms. The summed E-state index contributed by atoms with van der Waals surface area (Å²) in [6.45, 7) is 3.97. The van der Waals surface area contributed by atoms with Crippen molar-refractivity contribution in [1.82, 2.24) is 29.5 Å². The molecule has 0 amide bonds. The lowest BCUT2D eigenvalue weighted by atomic mass is 10.2. The summed E-state index contributed by atoms with van der Waals surface area (Å²) in [5, 5.41) is 11.2. The number of rotatable bonds is 3. The topological polar surface area (TPSA) is 94.0 Å². The van der Waals surface area contributed by atoms with Crippen molar-refractivity contribution in [2.24, 2.45) is 7.05 Å². The Morgan fingerprint density at radius 2 is 2.12 bits per heavy atom. The lowest BCUT2D eigenvalue weighted by Crippen LogP contribution is -2.14. The van der Waals surface area contributed by atoms with Crippen molar-refractivity contribution in [3.63, 3.8) is 0 Å². The van der Waals surface area contributed by atoms with Crippen LogP contribution in [0, 0.1) is 6.92 Å². The predicted octanol–water partition coefficient (Wildman–Crippen LogP) is 1.95. The molecule has 0 atom stereocenters. The molecule has 0 saturated heterocycles. The summed E-state index contributed by atoms with van der Waals surface area (Å²) in [6.07, 6.45) is 4.31. The zero-order chi connectivity index (χ0) is 16.8. The molecule has 4 aromatic rings. The van der Waals surface area contributed by atoms with Crippen LogP contribution in [-0.4, -0.2) is 29.5 Å². The fourth-order valence-corrected chi connectivity index (χ4v) is 2.83. The molecule has 122 valence electrons. The van der Waals surface area contributed by atoms with Gasteiger partial charge in [-0.3, -0.25) is 14.6 Å². The minimum Gasteiger partial charge on any atom is -0.355 e. The third-order valence-electron chi connectivity index (χ3n) is 4.04. The van der Waals surface area contributed by atoms with E-state index in [1.54, 1.807) is 16.9 Å². The van der Waals surface area contributed by atoms with Crippen LogP contribution >= 0.6 is 0 Å². The Balaban J connectivity index is 1.85. The first-order valence-electron chi connectivity index (χ1n) is 7.64. The summed E-state index contributed by atoms with van der Waals surface area (Å²) in [6, 6.07) is 3.22. The zero-order valence-corrected chi connectivity index (χ0v) is 13.6. The molecule has 1 N–H and O–H groups in total. The molecule has 4 rings (SSSR count). The second kappa shape index (κ2) is 5.19. The molecule has 0 unspecified atom stereocenters. The van der Waals surface area contributed by atoms with E-state index in [0.29, 0.717) is 22.8 Å². The number of aryl methyl sites for hydroxylation is 3. The minimum absolute atomic E-state index is 0.177. The number of hydrogen-bond donors (Lipinski definition) is 1. The Morgan fingerprint density at radius 3 is 2.83 bits per heavy atom. The highest BCUT2D eigenvalue weighted by atomic mass is 16.5. The van der Waals surface area contributed by atoms with Gasteiger partial charge < -0.3 is 4.52 Å². The number of nitrogens with zero attached hydrogens (tertiary/aromatic N) is 5. The van der Waals surface area contributed by atoms with Crippen molar-refractivity contribution in [2.75, 3.05) is 0 Å². The molecule has 0 saturated carbocycles. The summed E-state index contributed by atoms with van der Waals surface area (Å²) in [4.78, 5) is 17.0. The zero-order valence-electron chi connectivity index (χ0n) is 13.6. The maximum Gasteiger partial charge on any atom is 0.273 e. The molecule has 8 nitrogen and oxygen atoms in total. The lowest BCUT2D eigenvalue weighted by Gasteiger charge is -1.98. The van der Waals surface area contributed by atoms with Gasteiger partial charge in [0.25, 0.3) is 5.56 Å². The Kier molecular flexibility index (Phi) is 3.12. The van der Waals surface area contributed by atoms with Crippen molar-refractivity contribution in [3.05, 3.63) is 46.1 Å². The van der Waals surface area contributed by atoms with Gasteiger partial charge >= 0.3 is 0 Å². The van der Waals surface area contributed by atoms with Crippen LogP contribution in [0.3, 0.4) is 0 Å². The molecule has 0 bridgehead atoms. The molecular formula is C16H16N6O2. The van der Waals surface area contributed by atoms with Crippen LogP contribution < -0.4 is 5.56 Å². The van der Waals surface area contributed by atoms with Crippen LogP contribution in [0.4, 0.5) is 0 Å². The first kappa shape index (κ1) is 14.4. The molecule has 0 aliphatic carbocycles. The van der Waals surface area contributed by atoms with Gasteiger partial charge in [0.15, 0.2) is 11.4 Å². The average molecular weight is 324 g/mol. The Hall–Kier alpha value is -3.16. The highest BCUT2D eigenvalue weighted by molar-refractivity contribution is 5.65. The van der Waals surface area contributed by atoms with E-state index in [4.69, 9.17) is 4.52 Å². The highest BCUT2D eigenvalue weighted by Gasteiger charge is 2.15. The molecule has 0 aliphatic heterocycles. The van der Waals surface area contributed by atoms with E-state index in [0.717, 1.165) is 23.2 Å². The number of aromatic amines is 1. The van der Waals surface area contributed by atoms with Crippen molar-refractivity contribution >= 4 is 5.65 Å². The maximum absolute atomic E-state index is 12.4. The Bertz CT molecular complexity index is 1100. The van der Waals surface area contributed by atoms with Crippen LogP contribution in [0.1, 0.15) is 18.2 Å². The van der Waals surface area contributed by atoms with Crippen molar-refractivity contribution in [1.29, 1.82) is 0 Å². The van der Waals surface area contributed by atoms with Gasteiger partial charge in [-0.25, -0.2) is 9.50 Å². The summed E-state index contributed by atoms with van der Waals surface area (Å²) in [7, 11) is 1.83. The first-order valence-corrected chi connectivity index (χ1v) is 7.64. The van der Waals surface area contributed by atoms with E-state index in [-0.39, 0.29) is 5.56 Å². The summed E-state index contributed by atoms with van der Waals surface area (Å²) < 4.78 is 8.52. The summed E-state index contributed by atoms with van der Waals surface area (Å²) >= 11 is 0. The van der Waals surface area contributed by atoms with E-state index in [1.807, 2.05) is 27.1 Å². The van der Waals surface area contributed by atoms with Crippen LogP contribution in [-0.2, 0) is 13.5 Å². The standard InChI is InChI=1S/C16H16N6O2/c1-4-11-9(2)19-22-15(23)6-12(18-16(11)22)13-5-14(24-20-13)10-7-17-21(3)8-10/h5-8,19H,4H2,1-3H3. The number of fused-ring (bicyclic) bond motifs is 1. The normalized spacial score (nSPS) is 11.5. The lowest BCUT2D eigenvalue weighted by molar-refractivity contribution is 0.434. The molecule has 0 fully saturated rings. The molecular weight excluding hydrogens is 308 g/mol. The van der Waals surface area contributed by atoms with E-state index >= 15 is 0 Å². The van der Waals surface area contributed by atoms with Gasteiger partial charge in [0, 0.05) is 36.6 Å². The molecule has 0 aromatic carbocycles. The van der Waals surface area contributed by atoms with E-state index in [1.165, 1.54) is 10.6 Å². The number of hydrogen-bond acceptors (Lipinski definition) is 5. The van der Waals surface area contributed by atoms with Gasteiger partial charge in [-0.15, -0.1) is 0 Å². The van der Waals surface area contributed by atoms with Crippen molar-refractivity contribution in [2.45, 2.75) is 20.3 Å². The third-order valence-corrected chi connectivity index (χ3v) is 4.04. The molecule has 0 aliphatic rings. The van der Waals surface area contributed by atoms with Crippen LogP contribution in [0.5, 0.6) is 0 Å². The fourth-order valence-electron chi connectivity index (χ4n) is 2.83. The Morgan fingerprint density at radius 1 is 1.29 bits per heavy atom. The molecule has 0 radical (unpaired) electrons. The molecule has 24 heavy (non-hydrogen) atoms. The first-order chi connectivity index (χ1) is 11.6. The monoisotopic (exact) mass is 324 g/mol. The van der Waals surface area contributed by atoms with Gasteiger partial charge in [0.2, 0.25) is 0 Å². The van der Waals surface area contributed by atoms with Crippen LogP contribution in [0.15, 0.2) is 33.8 Å². The molecule has 0 spiro atoms. The van der Waals surface area contributed by atoms with E-state index in [9.17, 15) is 4.79 Å². The van der Waals surface area contributed by atoms with Crippen LogP contribution in [0.2, 0.25) is 0 Å². The van der Waals surface area contributed by atoms with E-state index < -0.39 is 0 Å². The number of aromatic nitrogens is 6. The van der Waals surface area contributed by atoms with E-state index in [2.05, 4.69) is 20.3 Å². The minimum atomic E-state index is -0.177. The van der Waals surface area contributed by atoms with Gasteiger partial charge in [0.05, 0.1) is 11.8 Å². The summed E-state index contributed by atoms with van der Waals surface area (Å²) in [5.74, 6) is 0.584. The van der Waals surface area contributed by atoms with Crippen LogP contribution in [0.25, 0.3) is 28.4 Å². The second-order valence-electron chi connectivity index (χ2n) is 5.69. The summed E-state index contributed by atoms with van der Waals surface area (Å²) in [5.41, 5.74) is 4.25. The van der Waals surface area contributed by atoms with Gasteiger partial charge in [0.1, 0.15) is 11.4 Å². The fraction of sp³-hybridized carbons (Fsp3) is 0.250. The highest BCUT2D eigenvalue weighted by Crippen LogP contribution is 2.25. The largest absolute Gasteiger partial charge is 0.355 e.